The van der Waals surface area contributed by atoms with E-state index in [2.05, 4.69) is 18.2 Å². The molecule has 0 heterocycles. The van der Waals surface area contributed by atoms with Crippen LogP contribution in [0.2, 0.25) is 0 Å². The van der Waals surface area contributed by atoms with Crippen LogP contribution < -0.4 is 0 Å². The van der Waals surface area contributed by atoms with Gasteiger partial charge in [-0.3, -0.25) is 9.69 Å². The smallest absolute Gasteiger partial charge is 0.321 e. The lowest BCUT2D eigenvalue weighted by atomic mass is 10.0. The monoisotopic (exact) mass is 329 g/mol. The third-order valence-corrected chi connectivity index (χ3v) is 5.02. The van der Waals surface area contributed by atoms with Crippen molar-refractivity contribution in [1.29, 1.82) is 0 Å². The molecule has 4 heteroatoms. The fourth-order valence-corrected chi connectivity index (χ4v) is 3.61. The Bertz CT molecular complexity index is 626. The molecule has 0 aliphatic rings. The van der Waals surface area contributed by atoms with Gasteiger partial charge in [-0.25, -0.2) is 0 Å². The van der Waals surface area contributed by atoms with Gasteiger partial charge in [0.15, 0.2) is 0 Å². The van der Waals surface area contributed by atoms with E-state index >= 15 is 0 Å². The SMILES string of the molecule is CCN(CC)C(Cc1ccccc1Sc1ccccc1)C(=O)O. The summed E-state index contributed by atoms with van der Waals surface area (Å²) < 4.78 is 0. The molecule has 0 bridgehead atoms. The zero-order valence-electron chi connectivity index (χ0n) is 13.6. The Labute approximate surface area is 142 Å². The lowest BCUT2D eigenvalue weighted by Gasteiger charge is -2.26. The molecule has 2 rings (SSSR count). The third kappa shape index (κ3) is 4.85. The first-order valence-electron chi connectivity index (χ1n) is 7.93. The van der Waals surface area contributed by atoms with Crippen LogP contribution in [0.3, 0.4) is 0 Å². The quantitative estimate of drug-likeness (QED) is 0.789. The van der Waals surface area contributed by atoms with E-state index in [0.717, 1.165) is 28.4 Å². The molecule has 0 spiro atoms. The molecule has 2 aromatic rings. The van der Waals surface area contributed by atoms with Crippen molar-refractivity contribution in [3.63, 3.8) is 0 Å². The minimum atomic E-state index is -0.756. The summed E-state index contributed by atoms with van der Waals surface area (Å²) in [5, 5.41) is 9.60. The van der Waals surface area contributed by atoms with E-state index in [1.54, 1.807) is 11.8 Å². The highest BCUT2D eigenvalue weighted by molar-refractivity contribution is 7.99. The molecule has 1 unspecified atom stereocenters. The molecule has 3 nitrogen and oxygen atoms in total. The van der Waals surface area contributed by atoms with Gasteiger partial charge in [-0.05, 0) is 43.3 Å². The number of benzene rings is 2. The first-order chi connectivity index (χ1) is 11.2. The molecule has 2 aromatic carbocycles. The van der Waals surface area contributed by atoms with Crippen LogP contribution in [0.15, 0.2) is 64.4 Å². The number of likely N-dealkylation sites (N-methyl/N-ethyl adjacent to an activating group) is 1. The zero-order valence-corrected chi connectivity index (χ0v) is 14.4. The van der Waals surface area contributed by atoms with Gasteiger partial charge in [0.1, 0.15) is 6.04 Å². The predicted molar refractivity (Wildman–Crippen MR) is 95.1 cm³/mol. The van der Waals surface area contributed by atoms with Crippen molar-refractivity contribution in [2.45, 2.75) is 36.1 Å². The Balaban J connectivity index is 2.23. The highest BCUT2D eigenvalue weighted by Gasteiger charge is 2.24. The molecule has 0 radical (unpaired) electrons. The molecule has 0 amide bonds. The fraction of sp³-hybridized carbons (Fsp3) is 0.316. The lowest BCUT2D eigenvalue weighted by molar-refractivity contribution is -0.143. The highest BCUT2D eigenvalue weighted by atomic mass is 32.2. The first-order valence-corrected chi connectivity index (χ1v) is 8.75. The Morgan fingerprint density at radius 1 is 1.04 bits per heavy atom. The summed E-state index contributed by atoms with van der Waals surface area (Å²) in [6, 6.07) is 17.8. The maximum atomic E-state index is 11.7. The summed E-state index contributed by atoms with van der Waals surface area (Å²) in [5.41, 5.74) is 1.08. The van der Waals surface area contributed by atoms with E-state index in [4.69, 9.17) is 0 Å². The summed E-state index contributed by atoms with van der Waals surface area (Å²) in [6.45, 7) is 5.48. The van der Waals surface area contributed by atoms with Gasteiger partial charge >= 0.3 is 5.97 Å². The Morgan fingerprint density at radius 3 is 2.26 bits per heavy atom. The average molecular weight is 329 g/mol. The second-order valence-corrected chi connectivity index (χ2v) is 6.42. The largest absolute Gasteiger partial charge is 0.480 e. The van der Waals surface area contributed by atoms with Crippen molar-refractivity contribution < 1.29 is 9.90 Å². The van der Waals surface area contributed by atoms with E-state index in [9.17, 15) is 9.90 Å². The van der Waals surface area contributed by atoms with Crippen LogP contribution in [-0.4, -0.2) is 35.1 Å². The van der Waals surface area contributed by atoms with Crippen LogP contribution in [0.25, 0.3) is 0 Å². The molecule has 0 aliphatic heterocycles. The molecular weight excluding hydrogens is 306 g/mol. The maximum Gasteiger partial charge on any atom is 0.321 e. The van der Waals surface area contributed by atoms with E-state index in [-0.39, 0.29) is 0 Å². The highest BCUT2D eigenvalue weighted by Crippen LogP contribution is 2.31. The maximum absolute atomic E-state index is 11.7. The van der Waals surface area contributed by atoms with Gasteiger partial charge in [0.05, 0.1) is 0 Å². The van der Waals surface area contributed by atoms with Gasteiger partial charge in [0.25, 0.3) is 0 Å². The van der Waals surface area contributed by atoms with Crippen LogP contribution in [0.5, 0.6) is 0 Å². The Kier molecular flexibility index (Phi) is 6.68. The lowest BCUT2D eigenvalue weighted by Crippen LogP contribution is -2.42. The van der Waals surface area contributed by atoms with Crippen LogP contribution in [0.1, 0.15) is 19.4 Å². The zero-order chi connectivity index (χ0) is 16.7. The van der Waals surface area contributed by atoms with Gasteiger partial charge in [0, 0.05) is 9.79 Å². The summed E-state index contributed by atoms with van der Waals surface area (Å²) in [4.78, 5) is 16.0. The standard InChI is InChI=1S/C19H23NO2S/c1-3-20(4-2)17(19(21)22)14-15-10-8-9-13-18(15)23-16-11-6-5-7-12-16/h5-13,17H,3-4,14H2,1-2H3,(H,21,22). The Morgan fingerprint density at radius 2 is 1.65 bits per heavy atom. The second-order valence-electron chi connectivity index (χ2n) is 5.30. The van der Waals surface area contributed by atoms with E-state index in [1.807, 2.05) is 55.1 Å². The number of nitrogens with zero attached hydrogens (tertiary/aromatic N) is 1. The minimum Gasteiger partial charge on any atom is -0.480 e. The summed E-state index contributed by atoms with van der Waals surface area (Å²) >= 11 is 1.68. The predicted octanol–water partition coefficient (Wildman–Crippen LogP) is 4.18. The normalized spacial score (nSPS) is 12.3. The van der Waals surface area contributed by atoms with Gasteiger partial charge in [-0.15, -0.1) is 0 Å². The van der Waals surface area contributed by atoms with Crippen molar-refractivity contribution in [2.24, 2.45) is 0 Å². The molecule has 0 fully saturated rings. The topological polar surface area (TPSA) is 40.5 Å². The molecular formula is C19H23NO2S. The molecule has 122 valence electrons. The number of carboxylic acid groups (broad SMARTS) is 1. The number of hydrogen-bond donors (Lipinski definition) is 1. The summed E-state index contributed by atoms with van der Waals surface area (Å²) in [7, 11) is 0. The molecule has 0 saturated carbocycles. The average Bonchev–Trinajstić information content (AvgIpc) is 2.57. The van der Waals surface area contributed by atoms with Crippen molar-refractivity contribution in [3.8, 4) is 0 Å². The van der Waals surface area contributed by atoms with Crippen molar-refractivity contribution in [3.05, 3.63) is 60.2 Å². The fourth-order valence-electron chi connectivity index (χ4n) is 2.63. The van der Waals surface area contributed by atoms with Gasteiger partial charge in [-0.1, -0.05) is 62.0 Å². The Hall–Kier alpha value is -1.78. The number of aliphatic carboxylic acids is 1. The molecule has 0 aromatic heterocycles. The summed E-state index contributed by atoms with van der Waals surface area (Å²) in [5.74, 6) is -0.756. The second kappa shape index (κ2) is 8.75. The van der Waals surface area contributed by atoms with Gasteiger partial charge in [-0.2, -0.15) is 0 Å². The summed E-state index contributed by atoms with van der Waals surface area (Å²) in [6.07, 6.45) is 0.521. The van der Waals surface area contributed by atoms with Crippen molar-refractivity contribution in [2.75, 3.05) is 13.1 Å². The van der Waals surface area contributed by atoms with Crippen molar-refractivity contribution in [1.82, 2.24) is 4.90 Å². The molecule has 1 N–H and O–H groups in total. The van der Waals surface area contributed by atoms with E-state index < -0.39 is 12.0 Å². The van der Waals surface area contributed by atoms with Gasteiger partial charge in [0.2, 0.25) is 0 Å². The van der Waals surface area contributed by atoms with E-state index in [0.29, 0.717) is 6.42 Å². The van der Waals surface area contributed by atoms with Crippen LogP contribution in [0.4, 0.5) is 0 Å². The van der Waals surface area contributed by atoms with Crippen molar-refractivity contribution >= 4 is 17.7 Å². The molecule has 23 heavy (non-hydrogen) atoms. The van der Waals surface area contributed by atoms with E-state index in [1.165, 1.54) is 0 Å². The number of carbonyl (C=O) groups is 1. The molecule has 1 atom stereocenters. The minimum absolute atomic E-state index is 0.484. The van der Waals surface area contributed by atoms with Crippen LogP contribution in [-0.2, 0) is 11.2 Å². The van der Waals surface area contributed by atoms with Crippen LogP contribution >= 0.6 is 11.8 Å². The number of rotatable bonds is 8. The van der Waals surface area contributed by atoms with Crippen LogP contribution in [0, 0.1) is 0 Å². The number of hydrogen-bond acceptors (Lipinski definition) is 3. The third-order valence-electron chi connectivity index (χ3n) is 3.90. The molecule has 0 saturated heterocycles. The number of carboxylic acids is 1. The first kappa shape index (κ1) is 17.6. The van der Waals surface area contributed by atoms with Gasteiger partial charge < -0.3 is 5.11 Å². The molecule has 0 aliphatic carbocycles.